The summed E-state index contributed by atoms with van der Waals surface area (Å²) in [5.41, 5.74) is 9.72. The summed E-state index contributed by atoms with van der Waals surface area (Å²) in [7, 11) is 6.27. The summed E-state index contributed by atoms with van der Waals surface area (Å²) in [5.74, 6) is -0.283. The highest BCUT2D eigenvalue weighted by molar-refractivity contribution is 7.01. The maximum Gasteiger partial charge on any atom is 0.338 e. The van der Waals surface area contributed by atoms with E-state index >= 15 is 0 Å². The zero-order chi connectivity index (χ0) is 29.7. The lowest BCUT2D eigenvalue weighted by Crippen LogP contribution is -2.59. The van der Waals surface area contributed by atoms with E-state index in [0.29, 0.717) is 16.6 Å². The fourth-order valence-electron chi connectivity index (χ4n) is 6.64. The van der Waals surface area contributed by atoms with Gasteiger partial charge in [0, 0.05) is 31.9 Å². The van der Waals surface area contributed by atoms with Crippen molar-refractivity contribution in [1.29, 1.82) is 0 Å². The number of nitrogens with zero attached hydrogens (tertiary/aromatic N) is 2. The number of anilines is 1. The van der Waals surface area contributed by atoms with Gasteiger partial charge in [-0.15, -0.1) is 0 Å². The SMILES string of the molecule is Cc1cc(C(=O)OC(C)(C)C)ccc1C1=C2C=CC(=[N+](C)C)C=C2[Si](C(C)C)(C(C)C)c2cc(N(C)C)ccc21. The largest absolute Gasteiger partial charge is 0.456 e. The van der Waals surface area contributed by atoms with Crippen LogP contribution in [0.4, 0.5) is 5.69 Å². The van der Waals surface area contributed by atoms with E-state index in [9.17, 15) is 4.79 Å². The van der Waals surface area contributed by atoms with E-state index in [-0.39, 0.29) is 5.97 Å². The van der Waals surface area contributed by atoms with Crippen LogP contribution in [0.3, 0.4) is 0 Å². The zero-order valence-corrected chi connectivity index (χ0v) is 27.6. The Labute approximate surface area is 242 Å². The summed E-state index contributed by atoms with van der Waals surface area (Å²) in [6.45, 7) is 17.5. The summed E-state index contributed by atoms with van der Waals surface area (Å²) in [6.07, 6.45) is 7.07. The lowest BCUT2D eigenvalue weighted by atomic mass is 9.87. The topological polar surface area (TPSA) is 32.6 Å². The van der Waals surface area contributed by atoms with Gasteiger partial charge in [0.05, 0.1) is 5.56 Å². The molecule has 0 fully saturated rings. The first kappa shape index (κ1) is 29.8. The number of carbonyl (C=O) groups excluding carboxylic acids is 1. The highest BCUT2D eigenvalue weighted by Crippen LogP contribution is 2.50. The van der Waals surface area contributed by atoms with Crippen LogP contribution in [0, 0.1) is 6.92 Å². The number of allylic oxidation sites excluding steroid dienone is 5. The number of rotatable bonds is 5. The van der Waals surface area contributed by atoms with E-state index in [1.54, 1.807) is 0 Å². The predicted octanol–water partition coefficient (Wildman–Crippen LogP) is 7.06. The molecule has 4 nitrogen and oxygen atoms in total. The third kappa shape index (κ3) is 5.05. The lowest BCUT2D eigenvalue weighted by Gasteiger charge is -2.48. The Bertz CT molecular complexity index is 1470. The second-order valence-corrected chi connectivity index (χ2v) is 18.5. The summed E-state index contributed by atoms with van der Waals surface area (Å²) >= 11 is 0. The maximum atomic E-state index is 12.9. The third-order valence-electron chi connectivity index (χ3n) is 8.42. The Balaban J connectivity index is 2.08. The number of hydrogen-bond donors (Lipinski definition) is 0. The summed E-state index contributed by atoms with van der Waals surface area (Å²) in [4.78, 5) is 15.1. The molecule has 5 heteroatoms. The second-order valence-electron chi connectivity index (χ2n) is 13.3. The predicted molar refractivity (Wildman–Crippen MR) is 173 cm³/mol. The standard InChI is InChI=1S/C35H47N2O2Si/c1-22(2)40(23(3)4)31-20-26(36(9)10)14-17-29(31)33(30-18-15-27(37(11)12)21-32(30)40)28-16-13-25(19-24(28)5)34(38)39-35(6,7)8/h13-23H,1-12H3/q+1. The molecule has 0 radical (unpaired) electrons. The number of fused-ring (bicyclic) bond motifs is 2. The second kappa shape index (κ2) is 10.7. The van der Waals surface area contributed by atoms with Crippen LogP contribution in [0.1, 0.15) is 75.5 Å². The van der Waals surface area contributed by atoms with Crippen LogP contribution >= 0.6 is 0 Å². The van der Waals surface area contributed by atoms with Crippen molar-refractivity contribution in [1.82, 2.24) is 0 Å². The van der Waals surface area contributed by atoms with Crippen molar-refractivity contribution in [3.8, 4) is 0 Å². The van der Waals surface area contributed by atoms with Crippen LogP contribution in [-0.4, -0.2) is 58.1 Å². The van der Waals surface area contributed by atoms with Crippen LogP contribution in [0.15, 0.2) is 65.4 Å². The summed E-state index contributed by atoms with van der Waals surface area (Å²) in [5, 5.41) is 3.02. The number of carbonyl (C=O) groups is 1. The molecule has 0 atom stereocenters. The van der Waals surface area contributed by atoms with Crippen molar-refractivity contribution >= 4 is 36.2 Å². The van der Waals surface area contributed by atoms with E-state index in [0.717, 1.165) is 5.56 Å². The Morgan fingerprint density at radius 1 is 0.925 bits per heavy atom. The average Bonchev–Trinajstić information content (AvgIpc) is 2.85. The van der Waals surface area contributed by atoms with Gasteiger partial charge in [-0.05, 0) is 107 Å². The smallest absolute Gasteiger partial charge is 0.338 e. The Hall–Kier alpha value is -3.18. The molecule has 4 rings (SSSR count). The van der Waals surface area contributed by atoms with E-state index in [1.807, 2.05) is 32.9 Å². The molecule has 0 spiro atoms. The molecule has 0 saturated carbocycles. The molecule has 0 unspecified atom stereocenters. The number of esters is 1. The van der Waals surface area contributed by atoms with Gasteiger partial charge in [-0.25, -0.2) is 9.37 Å². The van der Waals surface area contributed by atoms with Gasteiger partial charge in [0.25, 0.3) is 0 Å². The van der Waals surface area contributed by atoms with E-state index < -0.39 is 13.7 Å². The zero-order valence-electron chi connectivity index (χ0n) is 26.6. The fraction of sp³-hybridized carbons (Fsp3) is 0.429. The van der Waals surface area contributed by atoms with Crippen molar-refractivity contribution in [3.63, 3.8) is 0 Å². The molecule has 2 aliphatic rings. The van der Waals surface area contributed by atoms with Crippen molar-refractivity contribution in [2.75, 3.05) is 33.1 Å². The summed E-state index contributed by atoms with van der Waals surface area (Å²) < 4.78 is 7.89. The highest BCUT2D eigenvalue weighted by atomic mass is 28.3. The normalized spacial score (nSPS) is 16.1. The van der Waals surface area contributed by atoms with E-state index in [4.69, 9.17) is 4.74 Å². The van der Waals surface area contributed by atoms with Crippen LogP contribution < -0.4 is 10.1 Å². The van der Waals surface area contributed by atoms with Crippen LogP contribution in [-0.2, 0) is 4.74 Å². The minimum atomic E-state index is -2.23. The van der Waals surface area contributed by atoms with Gasteiger partial charge >= 0.3 is 5.97 Å². The van der Waals surface area contributed by atoms with Crippen molar-refractivity contribution in [3.05, 3.63) is 87.6 Å². The van der Waals surface area contributed by atoms with Crippen molar-refractivity contribution in [2.45, 2.75) is 72.1 Å². The lowest BCUT2D eigenvalue weighted by molar-refractivity contribution is -0.462. The van der Waals surface area contributed by atoms with Gasteiger partial charge in [0.2, 0.25) is 0 Å². The van der Waals surface area contributed by atoms with Crippen LogP contribution in [0.5, 0.6) is 0 Å². The Morgan fingerprint density at radius 3 is 2.08 bits per heavy atom. The van der Waals surface area contributed by atoms with E-state index in [1.165, 1.54) is 44.1 Å². The molecule has 1 heterocycles. The van der Waals surface area contributed by atoms with Gasteiger partial charge in [-0.2, -0.15) is 0 Å². The number of aryl methyl sites for hydroxylation is 1. The highest BCUT2D eigenvalue weighted by Gasteiger charge is 2.51. The van der Waals surface area contributed by atoms with Gasteiger partial charge in [-0.3, -0.25) is 0 Å². The van der Waals surface area contributed by atoms with Gasteiger partial charge < -0.3 is 9.64 Å². The molecule has 1 aliphatic heterocycles. The van der Waals surface area contributed by atoms with Gasteiger partial charge in [-0.1, -0.05) is 39.8 Å². The molecule has 2 aromatic carbocycles. The van der Waals surface area contributed by atoms with Crippen LogP contribution in [0.25, 0.3) is 5.57 Å². The fourth-order valence-corrected chi connectivity index (χ4v) is 12.8. The number of ether oxygens (including phenoxy) is 1. The molecule has 0 aromatic heterocycles. The third-order valence-corrected chi connectivity index (χ3v) is 14.7. The van der Waals surface area contributed by atoms with Crippen molar-refractivity contribution in [2.24, 2.45) is 0 Å². The monoisotopic (exact) mass is 555 g/mol. The quantitative estimate of drug-likeness (QED) is 0.225. The first-order valence-corrected chi connectivity index (χ1v) is 16.6. The van der Waals surface area contributed by atoms with Gasteiger partial charge in [0.15, 0.2) is 5.71 Å². The van der Waals surface area contributed by atoms with Gasteiger partial charge in [0.1, 0.15) is 27.8 Å². The molecule has 0 saturated heterocycles. The minimum absolute atomic E-state index is 0.283. The Morgan fingerprint density at radius 2 is 1.55 bits per heavy atom. The van der Waals surface area contributed by atoms with E-state index in [2.05, 4.69) is 115 Å². The maximum absolute atomic E-state index is 12.9. The molecular formula is C35H47N2O2Si+. The average molecular weight is 556 g/mol. The first-order valence-electron chi connectivity index (χ1n) is 14.4. The molecule has 0 bridgehead atoms. The minimum Gasteiger partial charge on any atom is -0.456 e. The molecule has 212 valence electrons. The summed E-state index contributed by atoms with van der Waals surface area (Å²) in [6, 6.07) is 13.1. The molecule has 1 aliphatic carbocycles. The number of benzene rings is 2. The molecule has 40 heavy (non-hydrogen) atoms. The van der Waals surface area contributed by atoms with Crippen molar-refractivity contribution < 1.29 is 14.1 Å². The molecule has 0 N–H and O–H groups in total. The molecule has 0 amide bonds. The Kier molecular flexibility index (Phi) is 7.94. The molecule has 2 aromatic rings. The number of hydrogen-bond acceptors (Lipinski definition) is 3. The molecular weight excluding hydrogens is 508 g/mol. The van der Waals surface area contributed by atoms with Crippen LogP contribution in [0.2, 0.25) is 11.1 Å². The first-order chi connectivity index (χ1) is 18.6.